The van der Waals surface area contributed by atoms with Gasteiger partial charge >= 0.3 is 0 Å². The molecule has 0 saturated carbocycles. The van der Waals surface area contributed by atoms with Crippen molar-refractivity contribution in [3.8, 4) is 5.75 Å². The Morgan fingerprint density at radius 3 is 2.22 bits per heavy atom. The zero-order chi connectivity index (χ0) is 13.1. The van der Waals surface area contributed by atoms with Crippen molar-refractivity contribution in [1.82, 2.24) is 0 Å². The molecule has 0 aliphatic carbocycles. The summed E-state index contributed by atoms with van der Waals surface area (Å²) in [5.41, 5.74) is 11.8. The molecule has 0 bridgehead atoms. The Bertz CT molecular complexity index is 544. The molecular formula is C16H19NO. The highest BCUT2D eigenvalue weighted by Crippen LogP contribution is 2.22. The van der Waals surface area contributed by atoms with Crippen molar-refractivity contribution in [3.05, 3.63) is 58.7 Å². The van der Waals surface area contributed by atoms with Crippen LogP contribution in [-0.4, -0.2) is 7.11 Å². The van der Waals surface area contributed by atoms with Crippen LogP contribution < -0.4 is 10.5 Å². The van der Waals surface area contributed by atoms with E-state index in [2.05, 4.69) is 32.0 Å². The van der Waals surface area contributed by atoms with Crippen LogP contribution in [0.3, 0.4) is 0 Å². The van der Waals surface area contributed by atoms with Gasteiger partial charge in [0.2, 0.25) is 0 Å². The lowest BCUT2D eigenvalue weighted by Crippen LogP contribution is -1.98. The van der Waals surface area contributed by atoms with Gasteiger partial charge in [0.05, 0.1) is 7.11 Å². The third-order valence-corrected chi connectivity index (χ3v) is 3.49. The molecule has 0 saturated heterocycles. The van der Waals surface area contributed by atoms with Gasteiger partial charge in [0.25, 0.3) is 0 Å². The van der Waals surface area contributed by atoms with Crippen LogP contribution >= 0.6 is 0 Å². The molecule has 0 unspecified atom stereocenters. The lowest BCUT2D eigenvalue weighted by Gasteiger charge is -2.11. The van der Waals surface area contributed by atoms with E-state index < -0.39 is 0 Å². The molecule has 0 heterocycles. The molecule has 0 spiro atoms. The molecule has 18 heavy (non-hydrogen) atoms. The van der Waals surface area contributed by atoms with Crippen LogP contribution in [0.5, 0.6) is 5.75 Å². The maximum Gasteiger partial charge on any atom is 0.118 e. The van der Waals surface area contributed by atoms with Crippen molar-refractivity contribution in [1.29, 1.82) is 0 Å². The summed E-state index contributed by atoms with van der Waals surface area (Å²) in [5.74, 6) is 0.893. The Balaban J connectivity index is 2.25. The van der Waals surface area contributed by atoms with Gasteiger partial charge in [-0.15, -0.1) is 0 Å². The Kier molecular flexibility index (Phi) is 3.56. The number of nitrogen functional groups attached to an aromatic ring is 1. The van der Waals surface area contributed by atoms with Crippen LogP contribution in [0.4, 0.5) is 5.69 Å². The number of anilines is 1. The van der Waals surface area contributed by atoms with Gasteiger partial charge in [0.1, 0.15) is 5.75 Å². The maximum absolute atomic E-state index is 5.90. The number of rotatable bonds is 3. The van der Waals surface area contributed by atoms with Gasteiger partial charge in [-0.1, -0.05) is 18.2 Å². The van der Waals surface area contributed by atoms with Gasteiger partial charge < -0.3 is 10.5 Å². The van der Waals surface area contributed by atoms with Crippen molar-refractivity contribution < 1.29 is 4.74 Å². The molecular weight excluding hydrogens is 222 g/mol. The van der Waals surface area contributed by atoms with E-state index >= 15 is 0 Å². The summed E-state index contributed by atoms with van der Waals surface area (Å²) in [6.07, 6.45) is 0.928. The van der Waals surface area contributed by atoms with E-state index in [1.165, 1.54) is 22.3 Å². The molecule has 2 aromatic rings. The minimum absolute atomic E-state index is 0.867. The molecule has 0 amide bonds. The zero-order valence-corrected chi connectivity index (χ0v) is 11.2. The molecule has 94 valence electrons. The first-order valence-electron chi connectivity index (χ1n) is 6.09. The van der Waals surface area contributed by atoms with E-state index in [0.29, 0.717) is 0 Å². The summed E-state index contributed by atoms with van der Waals surface area (Å²) in [7, 11) is 1.68. The van der Waals surface area contributed by atoms with E-state index in [-0.39, 0.29) is 0 Å². The number of nitrogens with two attached hydrogens (primary N) is 1. The number of benzene rings is 2. The Morgan fingerprint density at radius 2 is 1.61 bits per heavy atom. The maximum atomic E-state index is 5.90. The predicted octanol–water partition coefficient (Wildman–Crippen LogP) is 3.49. The van der Waals surface area contributed by atoms with Crippen molar-refractivity contribution in [2.45, 2.75) is 20.3 Å². The third-order valence-electron chi connectivity index (χ3n) is 3.49. The quantitative estimate of drug-likeness (QED) is 0.835. The molecule has 0 aromatic heterocycles. The van der Waals surface area contributed by atoms with Gasteiger partial charge in [-0.2, -0.15) is 0 Å². The molecule has 0 aliphatic heterocycles. The number of methoxy groups -OCH3 is 1. The first-order chi connectivity index (χ1) is 8.61. The second-order valence-corrected chi connectivity index (χ2v) is 4.59. The second kappa shape index (κ2) is 5.13. The van der Waals surface area contributed by atoms with Gasteiger partial charge in [0, 0.05) is 5.69 Å². The standard InChI is InChI=1S/C16H19NO/c1-11-12(2)16(17)9-6-14(11)10-13-4-7-15(18-3)8-5-13/h4-9H,10,17H2,1-3H3. The van der Waals surface area contributed by atoms with Crippen molar-refractivity contribution in [2.24, 2.45) is 0 Å². The van der Waals surface area contributed by atoms with E-state index in [1.807, 2.05) is 18.2 Å². The fourth-order valence-corrected chi connectivity index (χ4v) is 2.05. The normalized spacial score (nSPS) is 10.4. The second-order valence-electron chi connectivity index (χ2n) is 4.59. The molecule has 0 atom stereocenters. The lowest BCUT2D eigenvalue weighted by atomic mass is 9.96. The van der Waals surface area contributed by atoms with Crippen LogP contribution in [-0.2, 0) is 6.42 Å². The van der Waals surface area contributed by atoms with Crippen LogP contribution in [0.1, 0.15) is 22.3 Å². The summed E-state index contributed by atoms with van der Waals surface area (Å²) in [6.45, 7) is 4.20. The summed E-state index contributed by atoms with van der Waals surface area (Å²) >= 11 is 0. The summed E-state index contributed by atoms with van der Waals surface area (Å²) in [6, 6.07) is 12.3. The van der Waals surface area contributed by atoms with Crippen LogP contribution in [0.25, 0.3) is 0 Å². The van der Waals surface area contributed by atoms with Gasteiger partial charge in [-0.3, -0.25) is 0 Å². The van der Waals surface area contributed by atoms with Crippen molar-refractivity contribution >= 4 is 5.69 Å². The topological polar surface area (TPSA) is 35.2 Å². The Labute approximate surface area is 108 Å². The molecule has 0 fully saturated rings. The molecule has 2 N–H and O–H groups in total. The molecule has 0 aliphatic rings. The van der Waals surface area contributed by atoms with Crippen LogP contribution in [0.2, 0.25) is 0 Å². The number of hydrogen-bond acceptors (Lipinski definition) is 2. The van der Waals surface area contributed by atoms with Gasteiger partial charge in [-0.05, 0) is 60.7 Å². The molecule has 2 rings (SSSR count). The summed E-state index contributed by atoms with van der Waals surface area (Å²) in [5, 5.41) is 0. The minimum Gasteiger partial charge on any atom is -0.497 e. The van der Waals surface area contributed by atoms with E-state index in [9.17, 15) is 0 Å². The SMILES string of the molecule is COc1ccc(Cc2ccc(N)c(C)c2C)cc1. The first-order valence-corrected chi connectivity index (χ1v) is 6.09. The minimum atomic E-state index is 0.867. The summed E-state index contributed by atoms with van der Waals surface area (Å²) in [4.78, 5) is 0. The Hall–Kier alpha value is -1.96. The zero-order valence-electron chi connectivity index (χ0n) is 11.2. The smallest absolute Gasteiger partial charge is 0.118 e. The predicted molar refractivity (Wildman–Crippen MR) is 76.1 cm³/mol. The molecule has 2 aromatic carbocycles. The monoisotopic (exact) mass is 241 g/mol. The number of hydrogen-bond donors (Lipinski definition) is 1. The Morgan fingerprint density at radius 1 is 0.944 bits per heavy atom. The van der Waals surface area contributed by atoms with E-state index in [4.69, 9.17) is 10.5 Å². The number of ether oxygens (including phenoxy) is 1. The highest BCUT2D eigenvalue weighted by Gasteiger charge is 2.05. The van der Waals surface area contributed by atoms with Crippen LogP contribution in [0, 0.1) is 13.8 Å². The molecule has 2 nitrogen and oxygen atoms in total. The molecule has 0 radical (unpaired) electrons. The first kappa shape index (κ1) is 12.5. The van der Waals surface area contributed by atoms with E-state index in [1.54, 1.807) is 7.11 Å². The van der Waals surface area contributed by atoms with E-state index in [0.717, 1.165) is 17.9 Å². The fraction of sp³-hybridized carbons (Fsp3) is 0.250. The van der Waals surface area contributed by atoms with Crippen molar-refractivity contribution in [2.75, 3.05) is 12.8 Å². The van der Waals surface area contributed by atoms with Crippen molar-refractivity contribution in [3.63, 3.8) is 0 Å². The fourth-order valence-electron chi connectivity index (χ4n) is 2.05. The largest absolute Gasteiger partial charge is 0.497 e. The highest BCUT2D eigenvalue weighted by molar-refractivity contribution is 5.53. The average Bonchev–Trinajstić information content (AvgIpc) is 2.40. The molecule has 2 heteroatoms. The van der Waals surface area contributed by atoms with Gasteiger partial charge in [-0.25, -0.2) is 0 Å². The van der Waals surface area contributed by atoms with Gasteiger partial charge in [0.15, 0.2) is 0 Å². The van der Waals surface area contributed by atoms with Crippen LogP contribution in [0.15, 0.2) is 36.4 Å². The summed E-state index contributed by atoms with van der Waals surface area (Å²) < 4.78 is 5.16. The average molecular weight is 241 g/mol. The highest BCUT2D eigenvalue weighted by atomic mass is 16.5. The third kappa shape index (κ3) is 2.48. The lowest BCUT2D eigenvalue weighted by molar-refractivity contribution is 0.414.